The van der Waals surface area contributed by atoms with E-state index in [1.165, 1.54) is 0 Å². The Morgan fingerprint density at radius 1 is 1.17 bits per heavy atom. The fraction of sp³-hybridized carbons (Fsp3) is 0.190. The number of halogens is 1. The van der Waals surface area contributed by atoms with Crippen LogP contribution in [0.5, 0.6) is 0 Å². The zero-order valence-electron chi connectivity index (χ0n) is 16.1. The molecule has 4 rings (SSSR count). The molecule has 0 aliphatic carbocycles. The van der Waals surface area contributed by atoms with Gasteiger partial charge < -0.3 is 9.30 Å². The molecule has 1 amide bonds. The summed E-state index contributed by atoms with van der Waals surface area (Å²) < 4.78 is 8.68. The van der Waals surface area contributed by atoms with Crippen LogP contribution in [0.25, 0.3) is 17.0 Å². The summed E-state index contributed by atoms with van der Waals surface area (Å²) in [4.78, 5) is 16.7. The van der Waals surface area contributed by atoms with E-state index >= 15 is 0 Å². The summed E-state index contributed by atoms with van der Waals surface area (Å²) in [7, 11) is 0. The highest BCUT2D eigenvalue weighted by molar-refractivity contribution is 6.30. The van der Waals surface area contributed by atoms with Crippen LogP contribution in [0.1, 0.15) is 18.2 Å². The lowest BCUT2D eigenvalue weighted by molar-refractivity contribution is 0.167. The summed E-state index contributed by atoms with van der Waals surface area (Å²) in [6.07, 6.45) is -0.536. The number of hydrogen-bond donors (Lipinski definition) is 1. The molecule has 0 atom stereocenters. The Labute approximate surface area is 172 Å². The molecule has 4 aromatic rings. The van der Waals surface area contributed by atoms with Crippen molar-refractivity contribution in [2.75, 3.05) is 11.9 Å². The van der Waals surface area contributed by atoms with Gasteiger partial charge in [0.1, 0.15) is 5.82 Å². The lowest BCUT2D eigenvalue weighted by Gasteiger charge is -2.12. The topological polar surface area (TPSA) is 74.0 Å². The molecular formula is C21H20ClN5O2. The number of ether oxygens (including phenoxy) is 1. The van der Waals surface area contributed by atoms with E-state index in [4.69, 9.17) is 21.3 Å². The van der Waals surface area contributed by atoms with Crippen molar-refractivity contribution in [3.05, 3.63) is 70.9 Å². The number of para-hydroxylation sites is 2. The minimum Gasteiger partial charge on any atom is -0.450 e. The third-order valence-electron chi connectivity index (χ3n) is 4.39. The minimum atomic E-state index is -0.536. The number of imidazole rings is 1. The molecule has 0 spiro atoms. The van der Waals surface area contributed by atoms with Crippen molar-refractivity contribution in [2.24, 2.45) is 0 Å². The van der Waals surface area contributed by atoms with Crippen molar-refractivity contribution in [1.82, 2.24) is 19.3 Å². The molecular weight excluding hydrogens is 390 g/mol. The first-order valence-electron chi connectivity index (χ1n) is 9.25. The van der Waals surface area contributed by atoms with E-state index < -0.39 is 6.09 Å². The number of carbonyl (C=O) groups is 1. The quantitative estimate of drug-likeness (QED) is 0.513. The third-order valence-corrected chi connectivity index (χ3v) is 4.63. The number of benzene rings is 2. The maximum Gasteiger partial charge on any atom is 0.412 e. The highest BCUT2D eigenvalue weighted by Gasteiger charge is 2.18. The highest BCUT2D eigenvalue weighted by Crippen LogP contribution is 2.24. The lowest BCUT2D eigenvalue weighted by atomic mass is 10.2. The Bertz CT molecular complexity index is 1180. The second kappa shape index (κ2) is 7.97. The van der Waals surface area contributed by atoms with Crippen molar-refractivity contribution in [1.29, 1.82) is 0 Å². The first kappa shape index (κ1) is 19.0. The number of rotatable bonds is 5. The van der Waals surface area contributed by atoms with Gasteiger partial charge in [0.2, 0.25) is 5.95 Å². The Hall–Kier alpha value is -3.32. The van der Waals surface area contributed by atoms with Gasteiger partial charge in [-0.15, -0.1) is 0 Å². The van der Waals surface area contributed by atoms with Crippen molar-refractivity contribution in [3.63, 3.8) is 0 Å². The number of amides is 1. The minimum absolute atomic E-state index is 0.284. The summed E-state index contributed by atoms with van der Waals surface area (Å²) in [5.74, 6) is 1.08. The van der Waals surface area contributed by atoms with Gasteiger partial charge in [-0.3, -0.25) is 5.32 Å². The van der Waals surface area contributed by atoms with Crippen LogP contribution in [-0.2, 0) is 11.3 Å². The smallest absolute Gasteiger partial charge is 0.412 e. The molecule has 1 N–H and O–H groups in total. The number of nitrogens with one attached hydrogen (secondary N) is 1. The molecule has 0 radical (unpaired) electrons. The number of aryl methyl sites for hydroxylation is 1. The molecule has 2 aromatic heterocycles. The van der Waals surface area contributed by atoms with Gasteiger partial charge in [-0.2, -0.15) is 9.78 Å². The second-order valence-corrected chi connectivity index (χ2v) is 6.98. The zero-order chi connectivity index (χ0) is 20.4. The molecule has 0 aliphatic rings. The average molecular weight is 410 g/mol. The van der Waals surface area contributed by atoms with Gasteiger partial charge >= 0.3 is 6.09 Å². The third kappa shape index (κ3) is 3.95. The Morgan fingerprint density at radius 3 is 2.79 bits per heavy atom. The van der Waals surface area contributed by atoms with E-state index in [2.05, 4.69) is 10.4 Å². The summed E-state index contributed by atoms with van der Waals surface area (Å²) in [5, 5.41) is 7.96. The fourth-order valence-corrected chi connectivity index (χ4v) is 3.42. The standard InChI is InChI=1S/C21H20ClN5O2/c1-3-29-21(28)24-19-11-14(2)25-27(19)20-23-17-9-4-5-10-18(17)26(20)13-15-7-6-8-16(22)12-15/h4-12H,3,13H2,1-2H3,(H,24,28). The van der Waals surface area contributed by atoms with E-state index in [0.717, 1.165) is 22.3 Å². The molecule has 2 aromatic carbocycles. The molecule has 2 heterocycles. The van der Waals surface area contributed by atoms with Crippen molar-refractivity contribution in [2.45, 2.75) is 20.4 Å². The largest absolute Gasteiger partial charge is 0.450 e. The van der Waals surface area contributed by atoms with E-state index in [9.17, 15) is 4.79 Å². The van der Waals surface area contributed by atoms with Gasteiger partial charge in [0.15, 0.2) is 0 Å². The highest BCUT2D eigenvalue weighted by atomic mass is 35.5. The van der Waals surface area contributed by atoms with E-state index in [1.54, 1.807) is 17.7 Å². The van der Waals surface area contributed by atoms with Gasteiger partial charge in [-0.1, -0.05) is 35.9 Å². The number of nitrogens with zero attached hydrogens (tertiary/aromatic N) is 4. The Morgan fingerprint density at radius 2 is 2.00 bits per heavy atom. The van der Waals surface area contributed by atoms with Crippen LogP contribution in [-0.4, -0.2) is 32.0 Å². The Kier molecular flexibility index (Phi) is 5.22. The van der Waals surface area contributed by atoms with Crippen LogP contribution >= 0.6 is 11.6 Å². The molecule has 8 heteroatoms. The van der Waals surface area contributed by atoms with Crippen LogP contribution in [0.15, 0.2) is 54.6 Å². The summed E-state index contributed by atoms with van der Waals surface area (Å²) in [5.41, 5.74) is 3.57. The number of fused-ring (bicyclic) bond motifs is 1. The van der Waals surface area contributed by atoms with Gasteiger partial charge in [-0.05, 0) is 43.7 Å². The summed E-state index contributed by atoms with van der Waals surface area (Å²) in [6.45, 7) is 4.45. The second-order valence-electron chi connectivity index (χ2n) is 6.54. The first-order valence-corrected chi connectivity index (χ1v) is 9.63. The number of hydrogen-bond acceptors (Lipinski definition) is 4. The number of aromatic nitrogens is 4. The predicted molar refractivity (Wildman–Crippen MR) is 113 cm³/mol. The van der Waals surface area contributed by atoms with E-state index in [1.807, 2.05) is 60.0 Å². The van der Waals surface area contributed by atoms with Crippen LogP contribution < -0.4 is 5.32 Å². The van der Waals surface area contributed by atoms with Crippen LogP contribution in [0.2, 0.25) is 5.02 Å². The molecule has 0 aliphatic heterocycles. The Balaban J connectivity index is 1.83. The average Bonchev–Trinajstić information content (AvgIpc) is 3.22. The van der Waals surface area contributed by atoms with Gasteiger partial charge in [0, 0.05) is 11.1 Å². The van der Waals surface area contributed by atoms with Crippen LogP contribution in [0.3, 0.4) is 0 Å². The van der Waals surface area contributed by atoms with Crippen LogP contribution in [0.4, 0.5) is 10.6 Å². The lowest BCUT2D eigenvalue weighted by Crippen LogP contribution is -2.18. The SMILES string of the molecule is CCOC(=O)Nc1cc(C)nn1-c1nc2ccccc2n1Cc1cccc(Cl)c1. The molecule has 148 valence electrons. The van der Waals surface area contributed by atoms with Gasteiger partial charge in [0.05, 0.1) is 29.9 Å². The summed E-state index contributed by atoms with van der Waals surface area (Å²) in [6, 6.07) is 17.3. The van der Waals surface area contributed by atoms with Crippen molar-refractivity contribution in [3.8, 4) is 5.95 Å². The normalized spacial score (nSPS) is 11.0. The van der Waals surface area contributed by atoms with E-state index in [0.29, 0.717) is 23.3 Å². The van der Waals surface area contributed by atoms with Crippen molar-refractivity contribution >= 4 is 34.5 Å². The molecule has 0 bridgehead atoms. The summed E-state index contributed by atoms with van der Waals surface area (Å²) >= 11 is 6.17. The number of anilines is 1. The molecule has 7 nitrogen and oxygen atoms in total. The monoisotopic (exact) mass is 409 g/mol. The van der Waals surface area contributed by atoms with E-state index in [-0.39, 0.29) is 6.61 Å². The zero-order valence-corrected chi connectivity index (χ0v) is 16.8. The van der Waals surface area contributed by atoms with Crippen LogP contribution in [0, 0.1) is 6.92 Å². The predicted octanol–water partition coefficient (Wildman–Crippen LogP) is 4.80. The molecule has 0 fully saturated rings. The molecule has 29 heavy (non-hydrogen) atoms. The maximum atomic E-state index is 12.0. The van der Waals surface area contributed by atoms with Gasteiger partial charge in [-0.25, -0.2) is 9.78 Å². The fourth-order valence-electron chi connectivity index (χ4n) is 3.21. The van der Waals surface area contributed by atoms with Gasteiger partial charge in [0.25, 0.3) is 0 Å². The van der Waals surface area contributed by atoms with Crippen molar-refractivity contribution < 1.29 is 9.53 Å². The maximum absolute atomic E-state index is 12.0. The first-order chi connectivity index (χ1) is 14.0. The number of carbonyl (C=O) groups excluding carboxylic acids is 1. The molecule has 0 unspecified atom stereocenters. The molecule has 0 saturated heterocycles. The molecule has 0 saturated carbocycles.